The summed E-state index contributed by atoms with van der Waals surface area (Å²) >= 11 is 0. The molecule has 4 rings (SSSR count). The second-order valence-corrected chi connectivity index (χ2v) is 7.61. The highest BCUT2D eigenvalue weighted by Gasteiger charge is 2.29. The van der Waals surface area contributed by atoms with Gasteiger partial charge in [0.1, 0.15) is 17.3 Å². The van der Waals surface area contributed by atoms with Crippen LogP contribution in [-0.4, -0.2) is 53.1 Å². The summed E-state index contributed by atoms with van der Waals surface area (Å²) in [5.41, 5.74) is 3.55. The van der Waals surface area contributed by atoms with Crippen LogP contribution in [0.5, 0.6) is 11.5 Å². The largest absolute Gasteiger partial charge is 0.497 e. The van der Waals surface area contributed by atoms with E-state index in [1.165, 1.54) is 0 Å². The summed E-state index contributed by atoms with van der Waals surface area (Å²) in [6, 6.07) is 9.22. The van der Waals surface area contributed by atoms with E-state index in [9.17, 15) is 4.79 Å². The number of carbonyl (C=O) groups excluding carboxylic acids is 1. The number of methoxy groups -OCH3 is 2. The third-order valence-electron chi connectivity index (χ3n) is 5.66. The zero-order valence-electron chi connectivity index (χ0n) is 18.0. The number of aromatic nitrogens is 3. The summed E-state index contributed by atoms with van der Waals surface area (Å²) in [4.78, 5) is 28.5. The molecule has 7 heteroatoms. The molecule has 0 saturated carbocycles. The Kier molecular flexibility index (Phi) is 6.11. The lowest BCUT2D eigenvalue weighted by molar-refractivity contribution is 0.0702. The Morgan fingerprint density at radius 3 is 2.68 bits per heavy atom. The summed E-state index contributed by atoms with van der Waals surface area (Å²) in [5.74, 6) is 1.99. The van der Waals surface area contributed by atoms with Gasteiger partial charge in [-0.15, -0.1) is 0 Å². The summed E-state index contributed by atoms with van der Waals surface area (Å²) in [6.45, 7) is 3.20. The van der Waals surface area contributed by atoms with E-state index in [0.29, 0.717) is 30.2 Å². The zero-order chi connectivity index (χ0) is 21.8. The van der Waals surface area contributed by atoms with E-state index in [0.717, 1.165) is 35.5 Å². The molecule has 1 amide bonds. The number of nitrogens with zero attached hydrogens (tertiary/aromatic N) is 4. The Bertz CT molecular complexity index is 1070. The highest BCUT2D eigenvalue weighted by atomic mass is 16.5. The van der Waals surface area contributed by atoms with Crippen molar-refractivity contribution in [2.24, 2.45) is 0 Å². The van der Waals surface area contributed by atoms with Gasteiger partial charge < -0.3 is 14.4 Å². The predicted molar refractivity (Wildman–Crippen MR) is 117 cm³/mol. The van der Waals surface area contributed by atoms with Gasteiger partial charge in [0, 0.05) is 49.2 Å². The van der Waals surface area contributed by atoms with Gasteiger partial charge in [0.15, 0.2) is 0 Å². The number of amides is 1. The third kappa shape index (κ3) is 4.35. The number of piperidine rings is 1. The van der Waals surface area contributed by atoms with Gasteiger partial charge in [0.05, 0.1) is 25.5 Å². The molecular formula is C24H26N4O3. The number of ether oxygens (including phenoxy) is 2. The van der Waals surface area contributed by atoms with Crippen molar-refractivity contribution >= 4 is 5.91 Å². The molecule has 0 aliphatic carbocycles. The SMILES string of the molecule is COc1ccc(C(=O)N2CCC[C@@H](c3nc(C)ncc3-c3ccncc3)C2)c(OC)c1. The normalized spacial score (nSPS) is 16.1. The molecule has 1 fully saturated rings. The smallest absolute Gasteiger partial charge is 0.257 e. The molecule has 1 aliphatic rings. The second-order valence-electron chi connectivity index (χ2n) is 7.61. The average molecular weight is 418 g/mol. The Morgan fingerprint density at radius 1 is 1.13 bits per heavy atom. The van der Waals surface area contributed by atoms with Crippen LogP contribution < -0.4 is 9.47 Å². The fourth-order valence-electron chi connectivity index (χ4n) is 4.08. The summed E-state index contributed by atoms with van der Waals surface area (Å²) in [7, 11) is 3.16. The van der Waals surface area contributed by atoms with Gasteiger partial charge in [0.2, 0.25) is 0 Å². The Balaban J connectivity index is 1.63. The molecule has 160 valence electrons. The van der Waals surface area contributed by atoms with Crippen LogP contribution in [0, 0.1) is 6.92 Å². The van der Waals surface area contributed by atoms with Crippen LogP contribution in [0.2, 0.25) is 0 Å². The Morgan fingerprint density at radius 2 is 1.94 bits per heavy atom. The van der Waals surface area contributed by atoms with E-state index in [1.54, 1.807) is 44.8 Å². The van der Waals surface area contributed by atoms with E-state index in [-0.39, 0.29) is 11.8 Å². The molecule has 0 radical (unpaired) electrons. The van der Waals surface area contributed by atoms with Crippen molar-refractivity contribution in [1.82, 2.24) is 19.9 Å². The maximum Gasteiger partial charge on any atom is 0.257 e. The fourth-order valence-corrected chi connectivity index (χ4v) is 4.08. The summed E-state index contributed by atoms with van der Waals surface area (Å²) < 4.78 is 10.7. The molecule has 1 saturated heterocycles. The first-order valence-electron chi connectivity index (χ1n) is 10.4. The third-order valence-corrected chi connectivity index (χ3v) is 5.66. The number of hydrogen-bond acceptors (Lipinski definition) is 6. The lowest BCUT2D eigenvalue weighted by Crippen LogP contribution is -2.39. The van der Waals surface area contributed by atoms with Crippen LogP contribution in [0.3, 0.4) is 0 Å². The van der Waals surface area contributed by atoms with Crippen LogP contribution >= 0.6 is 0 Å². The number of carbonyl (C=O) groups is 1. The molecule has 3 aromatic rings. The first kappa shape index (κ1) is 20.8. The maximum atomic E-state index is 13.3. The number of likely N-dealkylation sites (tertiary alicyclic amines) is 1. The van der Waals surface area contributed by atoms with Crippen molar-refractivity contribution in [2.75, 3.05) is 27.3 Å². The predicted octanol–water partition coefficient (Wildman–Crippen LogP) is 3.88. The maximum absolute atomic E-state index is 13.3. The number of pyridine rings is 1. The molecule has 0 bridgehead atoms. The zero-order valence-corrected chi connectivity index (χ0v) is 18.0. The van der Waals surface area contributed by atoms with Crippen molar-refractivity contribution in [1.29, 1.82) is 0 Å². The standard InChI is InChI=1S/C24H26N4O3/c1-16-26-14-21(17-8-10-25-11-9-17)23(27-16)18-5-4-12-28(15-18)24(29)20-7-6-19(30-2)13-22(20)31-3/h6-11,13-14,18H,4-5,12,15H2,1-3H3/t18-/m1/s1. The minimum absolute atomic E-state index is 0.0413. The van der Waals surface area contributed by atoms with Gasteiger partial charge in [-0.3, -0.25) is 9.78 Å². The molecule has 1 aromatic carbocycles. The van der Waals surface area contributed by atoms with Crippen molar-refractivity contribution in [3.8, 4) is 22.6 Å². The molecule has 1 aliphatic heterocycles. The van der Waals surface area contributed by atoms with Crippen molar-refractivity contribution in [3.63, 3.8) is 0 Å². The lowest BCUT2D eigenvalue weighted by Gasteiger charge is -2.33. The molecule has 7 nitrogen and oxygen atoms in total. The van der Waals surface area contributed by atoms with Gasteiger partial charge in [-0.25, -0.2) is 9.97 Å². The monoisotopic (exact) mass is 418 g/mol. The minimum Gasteiger partial charge on any atom is -0.497 e. The summed E-state index contributed by atoms with van der Waals surface area (Å²) in [5, 5.41) is 0. The van der Waals surface area contributed by atoms with Crippen molar-refractivity contribution in [2.45, 2.75) is 25.7 Å². The topological polar surface area (TPSA) is 77.4 Å². The fraction of sp³-hybridized carbons (Fsp3) is 0.333. The van der Waals surface area contributed by atoms with E-state index in [2.05, 4.69) is 9.97 Å². The van der Waals surface area contributed by atoms with Crippen LogP contribution in [0.1, 0.15) is 40.6 Å². The van der Waals surface area contributed by atoms with Crippen LogP contribution in [0.15, 0.2) is 48.9 Å². The highest BCUT2D eigenvalue weighted by molar-refractivity contribution is 5.97. The van der Waals surface area contributed by atoms with Crippen molar-refractivity contribution < 1.29 is 14.3 Å². The van der Waals surface area contributed by atoms with Gasteiger partial charge in [0.25, 0.3) is 5.91 Å². The van der Waals surface area contributed by atoms with Gasteiger partial charge in [-0.05, 0) is 49.6 Å². The molecule has 3 heterocycles. The molecule has 0 spiro atoms. The highest BCUT2D eigenvalue weighted by Crippen LogP contribution is 2.34. The van der Waals surface area contributed by atoms with Gasteiger partial charge in [-0.2, -0.15) is 0 Å². The van der Waals surface area contributed by atoms with E-state index >= 15 is 0 Å². The van der Waals surface area contributed by atoms with Gasteiger partial charge in [-0.1, -0.05) is 0 Å². The number of benzene rings is 1. The molecule has 1 atom stereocenters. The van der Waals surface area contributed by atoms with E-state index in [1.807, 2.05) is 30.2 Å². The molecule has 31 heavy (non-hydrogen) atoms. The first-order valence-corrected chi connectivity index (χ1v) is 10.4. The van der Waals surface area contributed by atoms with Gasteiger partial charge >= 0.3 is 0 Å². The molecule has 0 N–H and O–H groups in total. The quantitative estimate of drug-likeness (QED) is 0.626. The second kappa shape index (κ2) is 9.12. The summed E-state index contributed by atoms with van der Waals surface area (Å²) in [6.07, 6.45) is 7.29. The molecule has 2 aromatic heterocycles. The Hall–Kier alpha value is -3.48. The molecule has 0 unspecified atom stereocenters. The number of hydrogen-bond donors (Lipinski definition) is 0. The first-order chi connectivity index (χ1) is 15.1. The van der Waals surface area contributed by atoms with Crippen molar-refractivity contribution in [3.05, 3.63) is 66.0 Å². The Labute approximate surface area is 182 Å². The van der Waals surface area contributed by atoms with Crippen LogP contribution in [0.25, 0.3) is 11.1 Å². The van der Waals surface area contributed by atoms with Crippen LogP contribution in [-0.2, 0) is 0 Å². The van der Waals surface area contributed by atoms with Crippen LogP contribution in [0.4, 0.5) is 0 Å². The average Bonchev–Trinajstić information content (AvgIpc) is 2.83. The van der Waals surface area contributed by atoms with E-state index < -0.39 is 0 Å². The minimum atomic E-state index is -0.0413. The number of rotatable bonds is 5. The lowest BCUT2D eigenvalue weighted by atomic mass is 9.89. The molecular weight excluding hydrogens is 392 g/mol. The van der Waals surface area contributed by atoms with E-state index in [4.69, 9.17) is 14.5 Å². The number of aryl methyl sites for hydroxylation is 1.